The Labute approximate surface area is 149 Å². The number of amides is 1. The van der Waals surface area contributed by atoms with E-state index in [2.05, 4.69) is 16.4 Å². The number of carbonyl (C=O) groups excluding carboxylic acids is 1. The van der Waals surface area contributed by atoms with Gasteiger partial charge in [0, 0.05) is 17.3 Å². The van der Waals surface area contributed by atoms with E-state index in [1.165, 1.54) is 11.3 Å². The van der Waals surface area contributed by atoms with E-state index in [1.807, 2.05) is 36.4 Å². The predicted octanol–water partition coefficient (Wildman–Crippen LogP) is 3.87. The average molecular weight is 349 g/mol. The van der Waals surface area contributed by atoms with Crippen LogP contribution in [0.5, 0.6) is 5.75 Å². The molecule has 2 heterocycles. The zero-order chi connectivity index (χ0) is 17.6. The molecule has 0 bridgehead atoms. The summed E-state index contributed by atoms with van der Waals surface area (Å²) in [6.45, 7) is 0. The van der Waals surface area contributed by atoms with Crippen molar-refractivity contribution < 1.29 is 9.53 Å². The van der Waals surface area contributed by atoms with E-state index in [0.29, 0.717) is 16.3 Å². The van der Waals surface area contributed by atoms with Crippen LogP contribution >= 0.6 is 11.3 Å². The summed E-state index contributed by atoms with van der Waals surface area (Å²) < 4.78 is 5.17. The number of benzene rings is 1. The maximum absolute atomic E-state index is 12.3. The number of ether oxygens (including phenoxy) is 1. The van der Waals surface area contributed by atoms with Gasteiger partial charge in [0.1, 0.15) is 16.8 Å². The standard InChI is InChI=1S/C19H15N3O2S/c1-24-16-4-2-3-13(9-16)10-18(23)22-19-15(12-20)11-17(25-19)14-5-7-21-8-6-14/h2-9,11H,10H2,1H3,(H,22,23). The first-order valence-corrected chi connectivity index (χ1v) is 8.38. The summed E-state index contributed by atoms with van der Waals surface area (Å²) in [5, 5.41) is 12.7. The molecule has 0 unspecified atom stereocenters. The summed E-state index contributed by atoms with van der Waals surface area (Å²) in [4.78, 5) is 17.2. The summed E-state index contributed by atoms with van der Waals surface area (Å²) in [5.74, 6) is 0.534. The fourth-order valence-corrected chi connectivity index (χ4v) is 3.39. The average Bonchev–Trinajstić information content (AvgIpc) is 3.05. The molecule has 0 saturated carbocycles. The minimum Gasteiger partial charge on any atom is -0.497 e. The van der Waals surface area contributed by atoms with Crippen LogP contribution in [-0.2, 0) is 11.2 Å². The van der Waals surface area contributed by atoms with Gasteiger partial charge in [-0.1, -0.05) is 12.1 Å². The molecular weight excluding hydrogens is 334 g/mol. The highest BCUT2D eigenvalue weighted by molar-refractivity contribution is 7.19. The molecule has 0 fully saturated rings. The van der Waals surface area contributed by atoms with Crippen LogP contribution < -0.4 is 10.1 Å². The van der Waals surface area contributed by atoms with E-state index in [4.69, 9.17) is 4.74 Å². The molecule has 1 N–H and O–H groups in total. The van der Waals surface area contributed by atoms with Crippen LogP contribution in [0.2, 0.25) is 0 Å². The molecule has 3 rings (SSSR count). The molecule has 0 aliphatic rings. The van der Waals surface area contributed by atoms with Gasteiger partial charge < -0.3 is 10.1 Å². The number of nitriles is 1. The van der Waals surface area contributed by atoms with Crippen molar-refractivity contribution in [2.24, 2.45) is 0 Å². The molecule has 0 aliphatic heterocycles. The van der Waals surface area contributed by atoms with Crippen molar-refractivity contribution in [2.45, 2.75) is 6.42 Å². The Hall–Kier alpha value is -3.17. The summed E-state index contributed by atoms with van der Waals surface area (Å²) >= 11 is 1.38. The monoisotopic (exact) mass is 349 g/mol. The molecule has 3 aromatic rings. The van der Waals surface area contributed by atoms with Gasteiger partial charge in [-0.05, 0) is 41.5 Å². The Morgan fingerprint density at radius 3 is 2.80 bits per heavy atom. The number of hydrogen-bond acceptors (Lipinski definition) is 5. The largest absolute Gasteiger partial charge is 0.497 e. The molecule has 0 radical (unpaired) electrons. The molecule has 0 spiro atoms. The number of rotatable bonds is 5. The molecule has 1 amide bonds. The number of anilines is 1. The number of thiophene rings is 1. The molecule has 5 nitrogen and oxygen atoms in total. The third-order valence-corrected chi connectivity index (χ3v) is 4.67. The number of pyridine rings is 1. The summed E-state index contributed by atoms with van der Waals surface area (Å²) in [7, 11) is 1.59. The molecule has 0 aliphatic carbocycles. The number of methoxy groups -OCH3 is 1. The van der Waals surface area contributed by atoms with E-state index in [1.54, 1.807) is 25.6 Å². The van der Waals surface area contributed by atoms with Gasteiger partial charge in [0.05, 0.1) is 19.1 Å². The molecule has 124 valence electrons. The maximum atomic E-state index is 12.3. The van der Waals surface area contributed by atoms with Crippen LogP contribution in [0.1, 0.15) is 11.1 Å². The summed E-state index contributed by atoms with van der Waals surface area (Å²) in [6, 6.07) is 15.0. The first-order chi connectivity index (χ1) is 12.2. The van der Waals surface area contributed by atoms with Crippen molar-refractivity contribution in [1.82, 2.24) is 4.98 Å². The number of hydrogen-bond donors (Lipinski definition) is 1. The SMILES string of the molecule is COc1cccc(CC(=O)Nc2sc(-c3ccncc3)cc2C#N)c1. The fraction of sp³-hybridized carbons (Fsp3) is 0.105. The number of aromatic nitrogens is 1. The van der Waals surface area contributed by atoms with Crippen LogP contribution in [-0.4, -0.2) is 18.0 Å². The highest BCUT2D eigenvalue weighted by Gasteiger charge is 2.13. The lowest BCUT2D eigenvalue weighted by Gasteiger charge is -2.05. The third-order valence-electron chi connectivity index (χ3n) is 3.57. The highest BCUT2D eigenvalue weighted by Crippen LogP contribution is 2.34. The first-order valence-electron chi connectivity index (χ1n) is 7.56. The normalized spacial score (nSPS) is 10.1. The summed E-state index contributed by atoms with van der Waals surface area (Å²) in [6.07, 6.45) is 3.61. The molecule has 1 aromatic carbocycles. The maximum Gasteiger partial charge on any atom is 0.229 e. The molecule has 0 atom stereocenters. The fourth-order valence-electron chi connectivity index (χ4n) is 2.36. The quantitative estimate of drug-likeness (QED) is 0.759. The van der Waals surface area contributed by atoms with Gasteiger partial charge in [0.15, 0.2) is 0 Å². The van der Waals surface area contributed by atoms with Crippen LogP contribution in [0.3, 0.4) is 0 Å². The molecule has 6 heteroatoms. The highest BCUT2D eigenvalue weighted by atomic mass is 32.1. The van der Waals surface area contributed by atoms with Gasteiger partial charge in [-0.25, -0.2) is 0 Å². The van der Waals surface area contributed by atoms with Gasteiger partial charge in [-0.2, -0.15) is 5.26 Å². The van der Waals surface area contributed by atoms with Crippen molar-refractivity contribution >= 4 is 22.2 Å². The number of nitrogens with one attached hydrogen (secondary N) is 1. The summed E-state index contributed by atoms with van der Waals surface area (Å²) in [5.41, 5.74) is 2.27. The van der Waals surface area contributed by atoms with Crippen molar-refractivity contribution in [3.8, 4) is 22.3 Å². The van der Waals surface area contributed by atoms with Gasteiger partial charge in [-0.15, -0.1) is 11.3 Å². The van der Waals surface area contributed by atoms with Crippen LogP contribution in [0.25, 0.3) is 10.4 Å². The van der Waals surface area contributed by atoms with E-state index < -0.39 is 0 Å². The van der Waals surface area contributed by atoms with Gasteiger partial charge in [0.25, 0.3) is 0 Å². The lowest BCUT2D eigenvalue weighted by atomic mass is 10.1. The Morgan fingerprint density at radius 1 is 1.28 bits per heavy atom. The predicted molar refractivity (Wildman–Crippen MR) is 97.6 cm³/mol. The smallest absolute Gasteiger partial charge is 0.229 e. The van der Waals surface area contributed by atoms with Crippen molar-refractivity contribution in [3.05, 3.63) is 66.0 Å². The first kappa shape index (κ1) is 16.7. The van der Waals surface area contributed by atoms with E-state index in [0.717, 1.165) is 16.0 Å². The van der Waals surface area contributed by atoms with E-state index in [9.17, 15) is 10.1 Å². The lowest BCUT2D eigenvalue weighted by molar-refractivity contribution is -0.115. The number of carbonyl (C=O) groups is 1. The Bertz CT molecular complexity index is 929. The Balaban J connectivity index is 1.77. The van der Waals surface area contributed by atoms with Gasteiger partial charge >= 0.3 is 0 Å². The van der Waals surface area contributed by atoms with Crippen LogP contribution in [0.15, 0.2) is 54.9 Å². The number of nitrogens with zero attached hydrogens (tertiary/aromatic N) is 2. The molecular formula is C19H15N3O2S. The van der Waals surface area contributed by atoms with E-state index in [-0.39, 0.29) is 12.3 Å². The van der Waals surface area contributed by atoms with Gasteiger partial charge in [0.2, 0.25) is 5.91 Å². The second kappa shape index (κ2) is 7.60. The molecule has 0 saturated heterocycles. The Morgan fingerprint density at radius 2 is 2.08 bits per heavy atom. The van der Waals surface area contributed by atoms with Crippen LogP contribution in [0.4, 0.5) is 5.00 Å². The third kappa shape index (κ3) is 4.03. The van der Waals surface area contributed by atoms with Crippen LogP contribution in [0, 0.1) is 11.3 Å². The second-order valence-electron chi connectivity index (χ2n) is 5.28. The van der Waals surface area contributed by atoms with Crippen molar-refractivity contribution in [3.63, 3.8) is 0 Å². The molecule has 2 aromatic heterocycles. The lowest BCUT2D eigenvalue weighted by Crippen LogP contribution is -2.14. The zero-order valence-corrected chi connectivity index (χ0v) is 14.3. The second-order valence-corrected chi connectivity index (χ2v) is 6.33. The zero-order valence-electron chi connectivity index (χ0n) is 13.5. The Kier molecular flexibility index (Phi) is 5.07. The minimum atomic E-state index is -0.173. The van der Waals surface area contributed by atoms with Crippen molar-refractivity contribution in [1.29, 1.82) is 5.26 Å². The molecule has 25 heavy (non-hydrogen) atoms. The van der Waals surface area contributed by atoms with E-state index >= 15 is 0 Å². The minimum absolute atomic E-state index is 0.173. The van der Waals surface area contributed by atoms with Gasteiger partial charge in [-0.3, -0.25) is 9.78 Å². The topological polar surface area (TPSA) is 75.0 Å². The van der Waals surface area contributed by atoms with Crippen molar-refractivity contribution in [2.75, 3.05) is 12.4 Å².